The van der Waals surface area contributed by atoms with Crippen molar-refractivity contribution in [3.05, 3.63) is 12.2 Å². The number of rotatable bonds is 1. The van der Waals surface area contributed by atoms with E-state index < -0.39 is 12.3 Å². The lowest BCUT2D eigenvalue weighted by Crippen LogP contribution is -2.23. The third kappa shape index (κ3) is 3.36. The minimum absolute atomic E-state index is 0.170. The molecule has 1 unspecified atom stereocenters. The Kier molecular flexibility index (Phi) is 3.56. The number of carbonyl (C=O) groups is 1. The first-order valence-corrected chi connectivity index (χ1v) is 3.51. The molecule has 5 nitrogen and oxygen atoms in total. The third-order valence-electron chi connectivity index (χ3n) is 1.27. The third-order valence-corrected chi connectivity index (χ3v) is 1.27. The molecular formula is C7H10O5. The van der Waals surface area contributed by atoms with Crippen LogP contribution in [-0.4, -0.2) is 37.4 Å². The lowest BCUT2D eigenvalue weighted by molar-refractivity contribution is -0.0742. The highest BCUT2D eigenvalue weighted by Gasteiger charge is 2.11. The van der Waals surface area contributed by atoms with E-state index in [0.717, 1.165) is 0 Å². The normalized spacial score (nSPS) is 26.8. The number of hydrogen-bond acceptors (Lipinski definition) is 4. The Morgan fingerprint density at radius 3 is 3.17 bits per heavy atom. The van der Waals surface area contributed by atoms with Gasteiger partial charge in [0, 0.05) is 0 Å². The molecule has 0 amide bonds. The largest absolute Gasteiger partial charge is 0.506 e. The van der Waals surface area contributed by atoms with Crippen molar-refractivity contribution in [2.24, 2.45) is 0 Å². The van der Waals surface area contributed by atoms with Crippen LogP contribution in [0, 0.1) is 0 Å². The van der Waals surface area contributed by atoms with Gasteiger partial charge in [-0.2, -0.15) is 0 Å². The van der Waals surface area contributed by atoms with Crippen LogP contribution in [0.15, 0.2) is 12.2 Å². The predicted molar refractivity (Wildman–Crippen MR) is 38.8 cm³/mol. The number of hydrogen-bond donors (Lipinski definition) is 1. The molecule has 1 atom stereocenters. The van der Waals surface area contributed by atoms with E-state index in [1.807, 2.05) is 0 Å². The number of carboxylic acid groups (broad SMARTS) is 1. The standard InChI is InChI=1S/C7H10O5/c8-7(9)12-6-2-1-3-10-5-11-4-6/h1-2,6H,3-5H2,(H,8,9)/b2-1+. The first-order chi connectivity index (χ1) is 5.79. The Labute approximate surface area is 69.5 Å². The fraction of sp³-hybridized carbons (Fsp3) is 0.571. The molecule has 0 saturated carbocycles. The van der Waals surface area contributed by atoms with E-state index >= 15 is 0 Å². The van der Waals surface area contributed by atoms with Gasteiger partial charge >= 0.3 is 6.16 Å². The Hall–Kier alpha value is -1.07. The van der Waals surface area contributed by atoms with Gasteiger partial charge in [-0.15, -0.1) is 0 Å². The van der Waals surface area contributed by atoms with Gasteiger partial charge in [0.2, 0.25) is 0 Å². The minimum atomic E-state index is -1.30. The molecule has 0 radical (unpaired) electrons. The molecule has 68 valence electrons. The fourth-order valence-corrected chi connectivity index (χ4v) is 0.805. The predicted octanol–water partition coefficient (Wildman–Crippen LogP) is 0.610. The summed E-state index contributed by atoms with van der Waals surface area (Å²) >= 11 is 0. The highest BCUT2D eigenvalue weighted by molar-refractivity contribution is 5.57. The van der Waals surface area contributed by atoms with Crippen LogP contribution < -0.4 is 0 Å². The second-order valence-corrected chi connectivity index (χ2v) is 2.21. The van der Waals surface area contributed by atoms with Crippen LogP contribution in [0.1, 0.15) is 0 Å². The van der Waals surface area contributed by atoms with E-state index in [4.69, 9.17) is 14.6 Å². The highest BCUT2D eigenvalue weighted by atomic mass is 16.7. The van der Waals surface area contributed by atoms with Crippen molar-refractivity contribution < 1.29 is 24.1 Å². The second-order valence-electron chi connectivity index (χ2n) is 2.21. The molecule has 0 saturated heterocycles. The summed E-state index contributed by atoms with van der Waals surface area (Å²) in [5, 5.41) is 8.28. The summed E-state index contributed by atoms with van der Waals surface area (Å²) in [7, 11) is 0. The van der Waals surface area contributed by atoms with Crippen molar-refractivity contribution in [2.75, 3.05) is 20.0 Å². The van der Waals surface area contributed by atoms with Crippen molar-refractivity contribution in [3.8, 4) is 0 Å². The Morgan fingerprint density at radius 2 is 2.42 bits per heavy atom. The van der Waals surface area contributed by atoms with E-state index in [0.29, 0.717) is 6.61 Å². The molecular weight excluding hydrogens is 164 g/mol. The molecule has 1 rings (SSSR count). The van der Waals surface area contributed by atoms with Crippen molar-refractivity contribution in [3.63, 3.8) is 0 Å². The fourth-order valence-electron chi connectivity index (χ4n) is 0.805. The van der Waals surface area contributed by atoms with E-state index in [-0.39, 0.29) is 13.4 Å². The summed E-state index contributed by atoms with van der Waals surface area (Å²) < 4.78 is 14.3. The van der Waals surface area contributed by atoms with Crippen molar-refractivity contribution in [2.45, 2.75) is 6.10 Å². The molecule has 0 spiro atoms. The van der Waals surface area contributed by atoms with Crippen LogP contribution in [0.25, 0.3) is 0 Å². The summed E-state index contributed by atoms with van der Waals surface area (Å²) in [6.45, 7) is 0.784. The maximum atomic E-state index is 10.1. The Morgan fingerprint density at radius 1 is 1.58 bits per heavy atom. The van der Waals surface area contributed by atoms with Crippen LogP contribution in [0.2, 0.25) is 0 Å². The SMILES string of the molecule is O=C(O)OC1/C=C/COCOC1. The summed E-state index contributed by atoms with van der Waals surface area (Å²) in [6.07, 6.45) is 1.49. The summed E-state index contributed by atoms with van der Waals surface area (Å²) in [5.74, 6) is 0. The maximum absolute atomic E-state index is 10.1. The van der Waals surface area contributed by atoms with Crippen LogP contribution in [-0.2, 0) is 14.2 Å². The van der Waals surface area contributed by atoms with Gasteiger partial charge in [0.25, 0.3) is 0 Å². The van der Waals surface area contributed by atoms with Crippen LogP contribution in [0.4, 0.5) is 4.79 Å². The van der Waals surface area contributed by atoms with E-state index in [2.05, 4.69) is 4.74 Å². The van der Waals surface area contributed by atoms with Crippen LogP contribution in [0.5, 0.6) is 0 Å². The van der Waals surface area contributed by atoms with Gasteiger partial charge in [-0.25, -0.2) is 4.79 Å². The smallest absolute Gasteiger partial charge is 0.450 e. The molecule has 1 aliphatic heterocycles. The molecule has 0 aliphatic carbocycles. The zero-order valence-electron chi connectivity index (χ0n) is 6.43. The Balaban J connectivity index is 2.38. The zero-order valence-corrected chi connectivity index (χ0v) is 6.43. The van der Waals surface area contributed by atoms with Crippen molar-refractivity contribution in [1.82, 2.24) is 0 Å². The highest BCUT2D eigenvalue weighted by Crippen LogP contribution is 1.99. The number of ether oxygens (including phenoxy) is 3. The van der Waals surface area contributed by atoms with E-state index in [9.17, 15) is 4.79 Å². The van der Waals surface area contributed by atoms with Gasteiger partial charge < -0.3 is 19.3 Å². The molecule has 1 aliphatic rings. The van der Waals surface area contributed by atoms with E-state index in [1.165, 1.54) is 0 Å². The summed E-state index contributed by atoms with van der Waals surface area (Å²) in [5.41, 5.74) is 0. The molecule has 0 bridgehead atoms. The quantitative estimate of drug-likeness (QED) is 0.466. The van der Waals surface area contributed by atoms with Crippen LogP contribution in [0.3, 0.4) is 0 Å². The van der Waals surface area contributed by atoms with Crippen molar-refractivity contribution >= 4 is 6.16 Å². The van der Waals surface area contributed by atoms with Gasteiger partial charge in [0.1, 0.15) is 12.9 Å². The maximum Gasteiger partial charge on any atom is 0.506 e. The minimum Gasteiger partial charge on any atom is -0.450 e. The average molecular weight is 174 g/mol. The second kappa shape index (κ2) is 4.74. The van der Waals surface area contributed by atoms with Gasteiger partial charge in [-0.05, 0) is 6.08 Å². The van der Waals surface area contributed by atoms with Gasteiger partial charge in [0.15, 0.2) is 0 Å². The Bertz CT molecular complexity index is 177. The molecule has 12 heavy (non-hydrogen) atoms. The van der Waals surface area contributed by atoms with E-state index in [1.54, 1.807) is 12.2 Å². The van der Waals surface area contributed by atoms with Gasteiger partial charge in [-0.1, -0.05) is 6.08 Å². The topological polar surface area (TPSA) is 65.0 Å². The molecule has 5 heteroatoms. The van der Waals surface area contributed by atoms with Crippen molar-refractivity contribution in [1.29, 1.82) is 0 Å². The summed E-state index contributed by atoms with van der Waals surface area (Å²) in [4.78, 5) is 10.1. The first kappa shape index (κ1) is 9.02. The molecule has 0 aromatic heterocycles. The molecule has 0 aromatic rings. The lowest BCUT2D eigenvalue weighted by Gasteiger charge is -2.14. The van der Waals surface area contributed by atoms with Crippen LogP contribution >= 0.6 is 0 Å². The first-order valence-electron chi connectivity index (χ1n) is 3.51. The molecule has 1 N–H and O–H groups in total. The summed E-state index contributed by atoms with van der Waals surface area (Å²) in [6, 6.07) is 0. The van der Waals surface area contributed by atoms with Gasteiger partial charge in [0.05, 0.1) is 13.2 Å². The lowest BCUT2D eigenvalue weighted by atomic mass is 10.3. The zero-order chi connectivity index (χ0) is 8.81. The van der Waals surface area contributed by atoms with Gasteiger partial charge in [-0.3, -0.25) is 0 Å². The molecule has 1 heterocycles. The molecule has 0 fully saturated rings. The average Bonchev–Trinajstić information content (AvgIpc) is 1.93. The monoisotopic (exact) mass is 174 g/mol. The molecule has 0 aromatic carbocycles.